The van der Waals surface area contributed by atoms with Crippen molar-refractivity contribution in [1.82, 2.24) is 10.7 Å². The molecular formula is C22H27N3O4. The van der Waals surface area contributed by atoms with E-state index >= 15 is 0 Å². The molecule has 154 valence electrons. The van der Waals surface area contributed by atoms with E-state index in [1.165, 1.54) is 12.3 Å². The SMILES string of the molecule is Cc1ccccc1OCC(=O)N[C@@H](CC(C)C)C(=O)N/N=C\c1cccc(O)c1. The van der Waals surface area contributed by atoms with Crippen LogP contribution in [-0.2, 0) is 9.59 Å². The minimum Gasteiger partial charge on any atom is -0.508 e. The van der Waals surface area contributed by atoms with Crippen LogP contribution in [0.5, 0.6) is 11.5 Å². The van der Waals surface area contributed by atoms with Crippen LogP contribution in [0.3, 0.4) is 0 Å². The Bertz CT molecular complexity index is 865. The topological polar surface area (TPSA) is 100 Å². The van der Waals surface area contributed by atoms with Crippen molar-refractivity contribution in [2.45, 2.75) is 33.2 Å². The van der Waals surface area contributed by atoms with E-state index in [-0.39, 0.29) is 24.2 Å². The zero-order chi connectivity index (χ0) is 21.2. The summed E-state index contributed by atoms with van der Waals surface area (Å²) in [5, 5.41) is 16.1. The first-order chi connectivity index (χ1) is 13.8. The average molecular weight is 397 g/mol. The van der Waals surface area contributed by atoms with Crippen molar-refractivity contribution in [3.8, 4) is 11.5 Å². The number of phenols is 1. The van der Waals surface area contributed by atoms with Crippen LogP contribution in [0.25, 0.3) is 0 Å². The van der Waals surface area contributed by atoms with Crippen LogP contribution in [0.15, 0.2) is 53.6 Å². The number of para-hydroxylation sites is 1. The van der Waals surface area contributed by atoms with Gasteiger partial charge in [-0.2, -0.15) is 5.10 Å². The Morgan fingerprint density at radius 3 is 2.62 bits per heavy atom. The Kier molecular flexibility index (Phi) is 8.21. The lowest BCUT2D eigenvalue weighted by atomic mass is 10.0. The van der Waals surface area contributed by atoms with Crippen LogP contribution in [0.2, 0.25) is 0 Å². The molecular weight excluding hydrogens is 370 g/mol. The standard InChI is InChI=1S/C22H27N3O4/c1-15(2)11-19(22(28)25-23-13-17-8-6-9-18(26)12-17)24-21(27)14-29-20-10-5-4-7-16(20)3/h4-10,12-13,15,19,26H,11,14H2,1-3H3,(H,24,27)(H,25,28)/b23-13-/t19-/m0/s1. The van der Waals surface area contributed by atoms with Gasteiger partial charge in [0.1, 0.15) is 17.5 Å². The average Bonchev–Trinajstić information content (AvgIpc) is 2.66. The van der Waals surface area contributed by atoms with Crippen LogP contribution in [-0.4, -0.2) is 35.8 Å². The summed E-state index contributed by atoms with van der Waals surface area (Å²) in [6, 6.07) is 13.2. The van der Waals surface area contributed by atoms with Crippen molar-refractivity contribution in [3.05, 3.63) is 59.7 Å². The van der Waals surface area contributed by atoms with Crippen LogP contribution < -0.4 is 15.5 Å². The van der Waals surface area contributed by atoms with E-state index in [9.17, 15) is 14.7 Å². The molecule has 29 heavy (non-hydrogen) atoms. The van der Waals surface area contributed by atoms with Crippen LogP contribution >= 0.6 is 0 Å². The fourth-order valence-corrected chi connectivity index (χ4v) is 2.65. The van der Waals surface area contributed by atoms with Gasteiger partial charge < -0.3 is 15.2 Å². The minimum atomic E-state index is -0.732. The van der Waals surface area contributed by atoms with Crippen LogP contribution in [0, 0.1) is 12.8 Å². The van der Waals surface area contributed by atoms with E-state index < -0.39 is 11.9 Å². The Morgan fingerprint density at radius 1 is 1.17 bits per heavy atom. The first-order valence-electron chi connectivity index (χ1n) is 9.45. The molecule has 2 amide bonds. The van der Waals surface area contributed by atoms with Gasteiger partial charge in [-0.3, -0.25) is 9.59 Å². The molecule has 0 bridgehead atoms. The van der Waals surface area contributed by atoms with Gasteiger partial charge in [0.15, 0.2) is 6.61 Å². The Labute approximate surface area is 170 Å². The maximum atomic E-state index is 12.5. The number of aromatic hydroxyl groups is 1. The fraction of sp³-hybridized carbons (Fsp3) is 0.318. The first kappa shape index (κ1) is 21.9. The van der Waals surface area contributed by atoms with E-state index in [4.69, 9.17) is 4.74 Å². The number of aryl methyl sites for hydroxylation is 1. The second-order valence-corrected chi connectivity index (χ2v) is 7.13. The second-order valence-electron chi connectivity index (χ2n) is 7.13. The van der Waals surface area contributed by atoms with Gasteiger partial charge in [-0.15, -0.1) is 0 Å². The van der Waals surface area contributed by atoms with E-state index in [0.717, 1.165) is 5.56 Å². The number of hydrogen-bond acceptors (Lipinski definition) is 5. The summed E-state index contributed by atoms with van der Waals surface area (Å²) < 4.78 is 5.54. The highest BCUT2D eigenvalue weighted by atomic mass is 16.5. The molecule has 0 unspecified atom stereocenters. The summed E-state index contributed by atoms with van der Waals surface area (Å²) in [5.41, 5.74) is 4.01. The first-order valence-corrected chi connectivity index (χ1v) is 9.45. The van der Waals surface area contributed by atoms with Gasteiger partial charge in [0.2, 0.25) is 0 Å². The molecule has 2 aromatic rings. The smallest absolute Gasteiger partial charge is 0.262 e. The second kappa shape index (κ2) is 10.8. The molecule has 0 aliphatic carbocycles. The van der Waals surface area contributed by atoms with Crippen molar-refractivity contribution in [2.75, 3.05) is 6.61 Å². The van der Waals surface area contributed by atoms with Gasteiger partial charge in [0, 0.05) is 0 Å². The van der Waals surface area contributed by atoms with Crippen molar-refractivity contribution in [2.24, 2.45) is 11.0 Å². The molecule has 2 aromatic carbocycles. The van der Waals surface area contributed by atoms with Gasteiger partial charge >= 0.3 is 0 Å². The molecule has 0 saturated heterocycles. The largest absolute Gasteiger partial charge is 0.508 e. The summed E-state index contributed by atoms with van der Waals surface area (Å²) >= 11 is 0. The molecule has 0 aliphatic heterocycles. The number of benzene rings is 2. The third-order valence-corrected chi connectivity index (χ3v) is 4.07. The van der Waals surface area contributed by atoms with E-state index in [1.54, 1.807) is 24.3 Å². The molecule has 0 heterocycles. The number of nitrogens with one attached hydrogen (secondary N) is 2. The summed E-state index contributed by atoms with van der Waals surface area (Å²) in [7, 11) is 0. The number of phenolic OH excluding ortho intramolecular Hbond substituents is 1. The maximum Gasteiger partial charge on any atom is 0.262 e. The van der Waals surface area contributed by atoms with E-state index in [1.807, 2.05) is 39.0 Å². The van der Waals surface area contributed by atoms with E-state index in [2.05, 4.69) is 15.8 Å². The van der Waals surface area contributed by atoms with Crippen molar-refractivity contribution >= 4 is 18.0 Å². The number of carbonyl (C=O) groups is 2. The lowest BCUT2D eigenvalue weighted by Crippen LogP contribution is -2.47. The quantitative estimate of drug-likeness (QED) is 0.447. The predicted octanol–water partition coefficient (Wildman–Crippen LogP) is 2.76. The summed E-state index contributed by atoms with van der Waals surface area (Å²) in [6.07, 6.45) is 1.89. The number of nitrogens with zero attached hydrogens (tertiary/aromatic N) is 1. The molecule has 1 atom stereocenters. The molecule has 0 saturated carbocycles. The number of rotatable bonds is 9. The molecule has 0 fully saturated rings. The minimum absolute atomic E-state index is 0.110. The molecule has 7 heteroatoms. The summed E-state index contributed by atoms with van der Waals surface area (Å²) in [5.74, 6) is 0.130. The van der Waals surface area contributed by atoms with Crippen molar-refractivity contribution in [3.63, 3.8) is 0 Å². The highest BCUT2D eigenvalue weighted by Crippen LogP contribution is 2.16. The highest BCUT2D eigenvalue weighted by Gasteiger charge is 2.22. The van der Waals surface area contributed by atoms with Gasteiger partial charge in [0.05, 0.1) is 6.21 Å². The number of amides is 2. The lowest BCUT2D eigenvalue weighted by molar-refractivity contribution is -0.130. The van der Waals surface area contributed by atoms with Crippen molar-refractivity contribution in [1.29, 1.82) is 0 Å². The monoisotopic (exact) mass is 397 g/mol. The maximum absolute atomic E-state index is 12.5. The van der Waals surface area contributed by atoms with E-state index in [0.29, 0.717) is 17.7 Å². The third kappa shape index (κ3) is 7.65. The zero-order valence-corrected chi connectivity index (χ0v) is 16.9. The molecule has 0 aliphatic rings. The normalized spacial score (nSPS) is 12.0. The van der Waals surface area contributed by atoms with Gasteiger partial charge in [0.25, 0.3) is 11.8 Å². The number of hydrazone groups is 1. The van der Waals surface area contributed by atoms with Crippen LogP contribution in [0.4, 0.5) is 0 Å². The van der Waals surface area contributed by atoms with Gasteiger partial charge in [-0.25, -0.2) is 5.43 Å². The molecule has 0 spiro atoms. The van der Waals surface area contributed by atoms with Crippen LogP contribution in [0.1, 0.15) is 31.4 Å². The Morgan fingerprint density at radius 2 is 1.93 bits per heavy atom. The zero-order valence-electron chi connectivity index (χ0n) is 16.9. The molecule has 2 rings (SSSR count). The highest BCUT2D eigenvalue weighted by molar-refractivity contribution is 5.89. The molecule has 0 aromatic heterocycles. The number of ether oxygens (including phenoxy) is 1. The predicted molar refractivity (Wildman–Crippen MR) is 112 cm³/mol. The Hall–Kier alpha value is -3.35. The molecule has 7 nitrogen and oxygen atoms in total. The van der Waals surface area contributed by atoms with Gasteiger partial charge in [-0.1, -0.05) is 44.2 Å². The molecule has 0 radical (unpaired) electrons. The lowest BCUT2D eigenvalue weighted by Gasteiger charge is -2.19. The molecule has 3 N–H and O–H groups in total. The summed E-state index contributed by atoms with van der Waals surface area (Å²) in [6.45, 7) is 5.64. The van der Waals surface area contributed by atoms with Gasteiger partial charge in [-0.05, 0) is 48.6 Å². The Balaban J connectivity index is 1.92. The number of hydrogen-bond donors (Lipinski definition) is 3. The third-order valence-electron chi connectivity index (χ3n) is 4.07. The van der Waals surface area contributed by atoms with Crippen molar-refractivity contribution < 1.29 is 19.4 Å². The fourth-order valence-electron chi connectivity index (χ4n) is 2.65. The number of carbonyl (C=O) groups excluding carboxylic acids is 2. The summed E-state index contributed by atoms with van der Waals surface area (Å²) in [4.78, 5) is 24.7.